The van der Waals surface area contributed by atoms with Gasteiger partial charge in [-0.05, 0) is 41.0 Å². The average molecular weight is 286 g/mol. The van der Waals surface area contributed by atoms with Crippen LogP contribution < -0.4 is 0 Å². The lowest BCUT2D eigenvalue weighted by atomic mass is 9.68. The molecule has 0 radical (unpaired) electrons. The summed E-state index contributed by atoms with van der Waals surface area (Å²) in [6.45, 7) is 7.03. The Hall–Kier alpha value is -2.08. The zero-order chi connectivity index (χ0) is 15.3. The molecule has 0 bridgehead atoms. The zero-order valence-electron chi connectivity index (χ0n) is 13.6. The van der Waals surface area contributed by atoms with E-state index in [9.17, 15) is 0 Å². The Morgan fingerprint density at radius 1 is 0.864 bits per heavy atom. The summed E-state index contributed by atoms with van der Waals surface area (Å²) in [5.41, 5.74) is 8.90. The molecular weight excluding hydrogens is 264 g/mol. The second-order valence-electron chi connectivity index (χ2n) is 7.15. The van der Waals surface area contributed by atoms with Gasteiger partial charge in [0.25, 0.3) is 0 Å². The van der Waals surface area contributed by atoms with Gasteiger partial charge in [-0.1, -0.05) is 85.7 Å². The maximum absolute atomic E-state index is 2.41. The highest BCUT2D eigenvalue weighted by molar-refractivity contribution is 5.79. The minimum absolute atomic E-state index is 0.136. The molecule has 0 heteroatoms. The molecule has 0 fully saturated rings. The Morgan fingerprint density at radius 3 is 1.91 bits per heavy atom. The third-order valence-electron chi connectivity index (χ3n) is 5.43. The number of hydrogen-bond acceptors (Lipinski definition) is 0. The Bertz CT molecular complexity index is 757. The molecular formula is C22H22. The van der Waals surface area contributed by atoms with Gasteiger partial charge in [0.1, 0.15) is 0 Å². The Labute approximate surface area is 133 Å². The lowest BCUT2D eigenvalue weighted by molar-refractivity contribution is 0.388. The molecule has 0 spiro atoms. The van der Waals surface area contributed by atoms with Gasteiger partial charge in [0.05, 0.1) is 0 Å². The fraction of sp³-hybridized carbons (Fsp3) is 0.273. The average Bonchev–Trinajstić information content (AvgIpc) is 3.09. The van der Waals surface area contributed by atoms with Crippen molar-refractivity contribution >= 4 is 0 Å². The smallest absolute Gasteiger partial charge is 0.0190 e. The maximum atomic E-state index is 2.41. The number of fused-ring (bicyclic) bond motifs is 3. The minimum Gasteiger partial charge on any atom is -0.0775 e. The number of rotatable bonds is 2. The first-order valence-electron chi connectivity index (χ1n) is 8.15. The third-order valence-corrected chi connectivity index (χ3v) is 5.43. The molecule has 4 rings (SSSR count). The van der Waals surface area contributed by atoms with Crippen molar-refractivity contribution in [2.45, 2.75) is 33.1 Å². The first kappa shape index (κ1) is 13.6. The number of benzene rings is 2. The van der Waals surface area contributed by atoms with Crippen LogP contribution in [0.25, 0.3) is 11.1 Å². The van der Waals surface area contributed by atoms with E-state index in [-0.39, 0.29) is 5.41 Å². The molecule has 22 heavy (non-hydrogen) atoms. The summed E-state index contributed by atoms with van der Waals surface area (Å²) < 4.78 is 0. The van der Waals surface area contributed by atoms with Gasteiger partial charge >= 0.3 is 0 Å². The molecule has 2 aromatic carbocycles. The van der Waals surface area contributed by atoms with Crippen molar-refractivity contribution in [2.24, 2.45) is 5.41 Å². The van der Waals surface area contributed by atoms with Crippen molar-refractivity contribution in [3.8, 4) is 11.1 Å². The van der Waals surface area contributed by atoms with Crippen LogP contribution in [0.3, 0.4) is 0 Å². The van der Waals surface area contributed by atoms with Crippen LogP contribution in [0.1, 0.15) is 44.2 Å². The van der Waals surface area contributed by atoms with Gasteiger partial charge < -0.3 is 0 Å². The van der Waals surface area contributed by atoms with Crippen LogP contribution in [0.2, 0.25) is 0 Å². The van der Waals surface area contributed by atoms with Crippen molar-refractivity contribution < 1.29 is 0 Å². The van der Waals surface area contributed by atoms with Gasteiger partial charge in [-0.15, -0.1) is 0 Å². The molecule has 0 aromatic heterocycles. The van der Waals surface area contributed by atoms with Crippen molar-refractivity contribution in [2.75, 3.05) is 0 Å². The highest BCUT2D eigenvalue weighted by Crippen LogP contribution is 2.56. The molecule has 2 aliphatic rings. The summed E-state index contributed by atoms with van der Waals surface area (Å²) >= 11 is 0. The van der Waals surface area contributed by atoms with Gasteiger partial charge in [-0.3, -0.25) is 0 Å². The van der Waals surface area contributed by atoms with Crippen molar-refractivity contribution in [1.82, 2.24) is 0 Å². The summed E-state index contributed by atoms with van der Waals surface area (Å²) in [5.74, 6) is 0.449. The van der Waals surface area contributed by atoms with Gasteiger partial charge in [0, 0.05) is 5.92 Å². The first-order chi connectivity index (χ1) is 10.6. The van der Waals surface area contributed by atoms with E-state index < -0.39 is 0 Å². The van der Waals surface area contributed by atoms with E-state index in [0.29, 0.717) is 5.92 Å². The summed E-state index contributed by atoms with van der Waals surface area (Å²) in [5, 5.41) is 0. The fourth-order valence-electron chi connectivity index (χ4n) is 4.23. The topological polar surface area (TPSA) is 0 Å². The molecule has 0 saturated carbocycles. The summed E-state index contributed by atoms with van der Waals surface area (Å²) in [4.78, 5) is 0. The van der Waals surface area contributed by atoms with Gasteiger partial charge in [-0.25, -0.2) is 0 Å². The predicted octanol–water partition coefficient (Wildman–Crippen LogP) is 6.10. The molecule has 2 aromatic rings. The maximum Gasteiger partial charge on any atom is 0.0190 e. The largest absolute Gasteiger partial charge is 0.0775 e. The van der Waals surface area contributed by atoms with E-state index in [2.05, 4.69) is 81.5 Å². The van der Waals surface area contributed by atoms with E-state index in [4.69, 9.17) is 0 Å². The quantitative estimate of drug-likeness (QED) is 0.625. The monoisotopic (exact) mass is 286 g/mol. The van der Waals surface area contributed by atoms with Crippen LogP contribution in [-0.2, 0) is 0 Å². The highest BCUT2D eigenvalue weighted by atomic mass is 14.4. The summed E-state index contributed by atoms with van der Waals surface area (Å²) in [6.07, 6.45) is 5.84. The zero-order valence-corrected chi connectivity index (χ0v) is 13.6. The SMILES string of the molecule is CC1=CCC(C(C)(C)C2c3ccccc3-c3ccccc32)=C1. The van der Waals surface area contributed by atoms with Crippen LogP contribution in [-0.4, -0.2) is 0 Å². The van der Waals surface area contributed by atoms with E-state index >= 15 is 0 Å². The molecule has 0 saturated heterocycles. The van der Waals surface area contributed by atoms with E-state index in [1.807, 2.05) is 0 Å². The lowest BCUT2D eigenvalue weighted by Crippen LogP contribution is -2.23. The van der Waals surface area contributed by atoms with E-state index in [1.165, 1.54) is 27.8 Å². The van der Waals surface area contributed by atoms with Crippen molar-refractivity contribution in [3.63, 3.8) is 0 Å². The fourth-order valence-corrected chi connectivity index (χ4v) is 4.23. The molecule has 2 aliphatic carbocycles. The van der Waals surface area contributed by atoms with Crippen molar-refractivity contribution in [1.29, 1.82) is 0 Å². The van der Waals surface area contributed by atoms with Gasteiger partial charge in [0.2, 0.25) is 0 Å². The highest BCUT2D eigenvalue weighted by Gasteiger charge is 2.41. The normalized spacial score (nSPS) is 17.0. The van der Waals surface area contributed by atoms with Gasteiger partial charge in [-0.2, -0.15) is 0 Å². The predicted molar refractivity (Wildman–Crippen MR) is 94.0 cm³/mol. The molecule has 0 nitrogen and oxygen atoms in total. The number of hydrogen-bond donors (Lipinski definition) is 0. The summed E-state index contributed by atoms with van der Waals surface area (Å²) in [6, 6.07) is 17.9. The molecule has 0 unspecified atom stereocenters. The van der Waals surface area contributed by atoms with Crippen LogP contribution in [0, 0.1) is 5.41 Å². The first-order valence-corrected chi connectivity index (χ1v) is 8.15. The molecule has 0 heterocycles. The Morgan fingerprint density at radius 2 is 1.41 bits per heavy atom. The van der Waals surface area contributed by atoms with Crippen LogP contribution in [0.4, 0.5) is 0 Å². The van der Waals surface area contributed by atoms with Crippen molar-refractivity contribution in [3.05, 3.63) is 83.0 Å². The van der Waals surface area contributed by atoms with E-state index in [1.54, 1.807) is 5.57 Å². The molecule has 110 valence electrons. The lowest BCUT2D eigenvalue weighted by Gasteiger charge is -2.35. The molecule has 0 amide bonds. The van der Waals surface area contributed by atoms with Gasteiger partial charge in [0.15, 0.2) is 0 Å². The Balaban J connectivity index is 1.90. The number of allylic oxidation sites excluding steroid dienone is 4. The molecule has 0 atom stereocenters. The van der Waals surface area contributed by atoms with Crippen LogP contribution >= 0.6 is 0 Å². The summed E-state index contributed by atoms with van der Waals surface area (Å²) in [7, 11) is 0. The van der Waals surface area contributed by atoms with E-state index in [0.717, 1.165) is 6.42 Å². The Kier molecular flexibility index (Phi) is 2.91. The second kappa shape index (κ2) is 4.71. The standard InChI is InChI=1S/C22H22/c1-15-12-13-16(14-15)22(2,3)21-19-10-6-4-8-17(19)18-9-5-7-11-20(18)21/h4-12,14,21H,13H2,1-3H3. The molecule has 0 aliphatic heterocycles. The van der Waals surface area contributed by atoms with Crippen LogP contribution in [0.5, 0.6) is 0 Å². The second-order valence-corrected chi connectivity index (χ2v) is 7.15. The third kappa shape index (κ3) is 1.83. The minimum atomic E-state index is 0.136. The molecule has 0 N–H and O–H groups in total. The van der Waals surface area contributed by atoms with Crippen LogP contribution in [0.15, 0.2) is 71.8 Å².